The Kier molecular flexibility index (Phi) is 4.90. The number of aliphatic hydroxyl groups is 1. The van der Waals surface area contributed by atoms with Crippen molar-refractivity contribution in [1.29, 1.82) is 0 Å². The first-order valence-corrected chi connectivity index (χ1v) is 4.55. The van der Waals surface area contributed by atoms with E-state index in [9.17, 15) is 22.8 Å². The minimum Gasteiger partial charge on any atom is -0.479 e. The van der Waals surface area contributed by atoms with Crippen LogP contribution in [0.3, 0.4) is 0 Å². The van der Waals surface area contributed by atoms with Crippen molar-refractivity contribution < 1.29 is 33.0 Å². The van der Waals surface area contributed by atoms with Crippen LogP contribution in [0.15, 0.2) is 0 Å². The second-order valence-electron chi connectivity index (χ2n) is 3.60. The van der Waals surface area contributed by atoms with Crippen LogP contribution in [-0.4, -0.2) is 46.5 Å². The van der Waals surface area contributed by atoms with E-state index in [0.717, 1.165) is 0 Å². The summed E-state index contributed by atoms with van der Waals surface area (Å²) in [7, 11) is 0. The Morgan fingerprint density at radius 2 is 1.88 bits per heavy atom. The number of rotatable bonds is 5. The molecule has 0 aromatic heterocycles. The third-order valence-electron chi connectivity index (χ3n) is 2.05. The number of aliphatic hydroxyl groups excluding tert-OH is 1. The van der Waals surface area contributed by atoms with E-state index in [0.29, 0.717) is 6.92 Å². The Morgan fingerprint density at radius 1 is 1.41 bits per heavy atom. The van der Waals surface area contributed by atoms with E-state index in [1.807, 2.05) is 5.32 Å². The zero-order valence-electron chi connectivity index (χ0n) is 8.91. The third kappa shape index (κ3) is 4.19. The molecule has 0 fully saturated rings. The van der Waals surface area contributed by atoms with Gasteiger partial charge in [0.2, 0.25) is 5.91 Å². The predicted octanol–water partition coefficient (Wildman–Crippen LogP) is -0.782. The molecule has 0 rings (SSSR count). The molecule has 1 unspecified atom stereocenters. The second-order valence-corrected chi connectivity index (χ2v) is 3.60. The van der Waals surface area contributed by atoms with Crippen LogP contribution < -0.4 is 11.1 Å². The summed E-state index contributed by atoms with van der Waals surface area (Å²) in [6.07, 6.45) is -7.07. The van der Waals surface area contributed by atoms with Gasteiger partial charge in [-0.3, -0.25) is 4.79 Å². The van der Waals surface area contributed by atoms with Gasteiger partial charge in [0.05, 0.1) is 0 Å². The van der Waals surface area contributed by atoms with E-state index in [1.54, 1.807) is 0 Å². The summed E-state index contributed by atoms with van der Waals surface area (Å²) in [5, 5.41) is 18.9. The second kappa shape index (κ2) is 5.32. The molecule has 0 radical (unpaired) electrons. The average molecular weight is 258 g/mol. The predicted molar refractivity (Wildman–Crippen MR) is 49.9 cm³/mol. The molecule has 0 aliphatic rings. The summed E-state index contributed by atoms with van der Waals surface area (Å²) in [6, 6.07) is 0. The number of amides is 1. The number of carboxylic acids is 1. The van der Waals surface area contributed by atoms with Crippen molar-refractivity contribution in [1.82, 2.24) is 5.32 Å². The Hall–Kier alpha value is -1.35. The molecule has 0 spiro atoms. The molecule has 9 heteroatoms. The third-order valence-corrected chi connectivity index (χ3v) is 2.05. The van der Waals surface area contributed by atoms with Crippen molar-refractivity contribution in [2.75, 3.05) is 6.54 Å². The smallest absolute Gasteiger partial charge is 0.415 e. The normalized spacial score (nSPS) is 17.1. The molecule has 0 aliphatic carbocycles. The topological polar surface area (TPSA) is 113 Å². The number of carbonyl (C=O) groups excluding carboxylic acids is 1. The van der Waals surface area contributed by atoms with Gasteiger partial charge in [0.25, 0.3) is 0 Å². The maximum atomic E-state index is 12.3. The van der Waals surface area contributed by atoms with Crippen LogP contribution in [0.2, 0.25) is 0 Å². The van der Waals surface area contributed by atoms with Crippen LogP contribution in [0.25, 0.3) is 0 Å². The van der Waals surface area contributed by atoms with Gasteiger partial charge in [-0.05, 0) is 6.92 Å². The molecule has 100 valence electrons. The van der Waals surface area contributed by atoms with Gasteiger partial charge in [0.15, 0.2) is 11.6 Å². The molecule has 0 saturated heterocycles. The highest BCUT2D eigenvalue weighted by Crippen LogP contribution is 2.27. The van der Waals surface area contributed by atoms with E-state index >= 15 is 0 Å². The molecule has 0 bridgehead atoms. The fourth-order valence-corrected chi connectivity index (χ4v) is 0.758. The molecular formula is C8H13F3N2O4. The van der Waals surface area contributed by atoms with Crippen LogP contribution in [0.1, 0.15) is 13.3 Å². The zero-order chi connectivity index (χ0) is 13.9. The molecule has 0 aromatic carbocycles. The van der Waals surface area contributed by atoms with E-state index < -0.39 is 42.7 Å². The quantitative estimate of drug-likeness (QED) is 0.516. The SMILES string of the molecule is CC(N)(C(=O)NCC[C@H](O)C(=O)O)C(F)(F)F. The van der Waals surface area contributed by atoms with E-state index in [2.05, 4.69) is 0 Å². The summed E-state index contributed by atoms with van der Waals surface area (Å²) in [6.45, 7) is 0.0745. The van der Waals surface area contributed by atoms with Crippen molar-refractivity contribution in [3.63, 3.8) is 0 Å². The summed E-state index contributed by atoms with van der Waals surface area (Å²) >= 11 is 0. The lowest BCUT2D eigenvalue weighted by molar-refractivity contribution is -0.187. The number of hydrogen-bond acceptors (Lipinski definition) is 4. The van der Waals surface area contributed by atoms with Crippen molar-refractivity contribution in [3.05, 3.63) is 0 Å². The first kappa shape index (κ1) is 15.7. The van der Waals surface area contributed by atoms with Crippen molar-refractivity contribution in [3.8, 4) is 0 Å². The van der Waals surface area contributed by atoms with Gasteiger partial charge in [-0.2, -0.15) is 13.2 Å². The molecular weight excluding hydrogens is 245 g/mol. The molecule has 2 atom stereocenters. The standard InChI is InChI=1S/C8H13F3N2O4/c1-7(12,8(9,10)11)6(17)13-3-2-4(14)5(15)16/h4,14H,2-3,12H2,1H3,(H,13,17)(H,15,16)/t4-,7?/m0/s1. The van der Waals surface area contributed by atoms with Crippen molar-refractivity contribution >= 4 is 11.9 Å². The van der Waals surface area contributed by atoms with Gasteiger partial charge < -0.3 is 21.3 Å². The number of carbonyl (C=O) groups is 2. The van der Waals surface area contributed by atoms with Crippen LogP contribution in [0, 0.1) is 0 Å². The number of nitrogens with one attached hydrogen (secondary N) is 1. The number of alkyl halides is 3. The summed E-state index contributed by atoms with van der Waals surface area (Å²) in [5.74, 6) is -3.01. The fourth-order valence-electron chi connectivity index (χ4n) is 0.758. The first-order chi connectivity index (χ1) is 7.50. The number of aliphatic carboxylic acids is 1. The lowest BCUT2D eigenvalue weighted by Gasteiger charge is -2.26. The summed E-state index contributed by atoms with van der Waals surface area (Å²) in [4.78, 5) is 21.2. The Bertz CT molecular complexity index is 304. The maximum Gasteiger partial charge on any atom is 0.415 e. The lowest BCUT2D eigenvalue weighted by atomic mass is 10.0. The van der Waals surface area contributed by atoms with E-state index in [1.165, 1.54) is 0 Å². The zero-order valence-corrected chi connectivity index (χ0v) is 8.91. The molecule has 0 saturated carbocycles. The minimum atomic E-state index is -4.91. The molecule has 0 heterocycles. The number of halogens is 3. The van der Waals surface area contributed by atoms with Crippen LogP contribution >= 0.6 is 0 Å². The molecule has 0 aromatic rings. The van der Waals surface area contributed by atoms with Gasteiger partial charge in [-0.25, -0.2) is 4.79 Å². The van der Waals surface area contributed by atoms with Gasteiger partial charge in [-0.1, -0.05) is 0 Å². The summed E-state index contributed by atoms with van der Waals surface area (Å²) in [5.41, 5.74) is 1.74. The van der Waals surface area contributed by atoms with E-state index in [4.69, 9.17) is 15.9 Å². The largest absolute Gasteiger partial charge is 0.479 e. The number of nitrogens with two attached hydrogens (primary N) is 1. The van der Waals surface area contributed by atoms with Gasteiger partial charge >= 0.3 is 12.1 Å². The monoisotopic (exact) mass is 258 g/mol. The van der Waals surface area contributed by atoms with Gasteiger partial charge in [0.1, 0.15) is 0 Å². The molecule has 1 amide bonds. The first-order valence-electron chi connectivity index (χ1n) is 4.55. The van der Waals surface area contributed by atoms with Gasteiger partial charge in [0, 0.05) is 13.0 Å². The Morgan fingerprint density at radius 3 is 2.24 bits per heavy atom. The Balaban J connectivity index is 4.25. The Labute approximate surface area is 94.6 Å². The number of hydrogen-bond donors (Lipinski definition) is 4. The number of carboxylic acid groups (broad SMARTS) is 1. The lowest BCUT2D eigenvalue weighted by Crippen LogP contribution is -2.61. The maximum absolute atomic E-state index is 12.3. The van der Waals surface area contributed by atoms with Crippen molar-refractivity contribution in [2.45, 2.75) is 31.2 Å². The minimum absolute atomic E-state index is 0.408. The van der Waals surface area contributed by atoms with Crippen LogP contribution in [0.4, 0.5) is 13.2 Å². The molecule has 17 heavy (non-hydrogen) atoms. The molecule has 5 N–H and O–H groups in total. The van der Waals surface area contributed by atoms with Crippen molar-refractivity contribution in [2.24, 2.45) is 5.73 Å². The average Bonchev–Trinajstić information content (AvgIpc) is 2.15. The highest BCUT2D eigenvalue weighted by atomic mass is 19.4. The van der Waals surface area contributed by atoms with E-state index in [-0.39, 0.29) is 0 Å². The van der Waals surface area contributed by atoms with Crippen LogP contribution in [0.5, 0.6) is 0 Å². The highest BCUT2D eigenvalue weighted by Gasteiger charge is 2.53. The molecule has 6 nitrogen and oxygen atoms in total. The highest BCUT2D eigenvalue weighted by molar-refractivity contribution is 5.86. The molecule has 0 aliphatic heterocycles. The summed E-state index contributed by atoms with van der Waals surface area (Å²) < 4.78 is 36.8. The van der Waals surface area contributed by atoms with Crippen LogP contribution in [-0.2, 0) is 9.59 Å². The fraction of sp³-hybridized carbons (Fsp3) is 0.750. The van der Waals surface area contributed by atoms with Gasteiger partial charge in [-0.15, -0.1) is 0 Å².